The molecule has 0 aliphatic rings. The Morgan fingerprint density at radius 3 is 2.30 bits per heavy atom. The number of rotatable bonds is 3. The third-order valence-corrected chi connectivity index (χ3v) is 1.31. The van der Waals surface area contributed by atoms with Crippen LogP contribution in [0.2, 0.25) is 0 Å². The summed E-state index contributed by atoms with van der Waals surface area (Å²) in [5.74, 6) is 0.654. The molecule has 0 aliphatic carbocycles. The SMILES string of the molecule is CC=C(C)[CH]C=CC(C)C. The van der Waals surface area contributed by atoms with E-state index in [9.17, 15) is 0 Å². The lowest BCUT2D eigenvalue weighted by atomic mass is 10.1. The van der Waals surface area contributed by atoms with Gasteiger partial charge in [-0.05, 0) is 19.8 Å². The van der Waals surface area contributed by atoms with Gasteiger partial charge in [0.1, 0.15) is 0 Å². The van der Waals surface area contributed by atoms with Crippen LogP contribution in [-0.4, -0.2) is 0 Å². The Bertz CT molecular complexity index is 127. The molecule has 0 fully saturated rings. The van der Waals surface area contributed by atoms with Crippen molar-refractivity contribution in [2.75, 3.05) is 0 Å². The highest BCUT2D eigenvalue weighted by Gasteiger charge is 1.84. The van der Waals surface area contributed by atoms with E-state index in [1.54, 1.807) is 0 Å². The molecule has 0 rings (SSSR count). The maximum atomic E-state index is 2.19. The summed E-state index contributed by atoms with van der Waals surface area (Å²) in [4.78, 5) is 0. The van der Waals surface area contributed by atoms with Gasteiger partial charge in [-0.15, -0.1) is 0 Å². The van der Waals surface area contributed by atoms with Gasteiger partial charge in [-0.25, -0.2) is 0 Å². The van der Waals surface area contributed by atoms with Crippen LogP contribution in [0.1, 0.15) is 27.7 Å². The average Bonchev–Trinajstić information content (AvgIpc) is 1.87. The average molecular weight is 137 g/mol. The van der Waals surface area contributed by atoms with Crippen LogP contribution in [0.5, 0.6) is 0 Å². The summed E-state index contributed by atoms with van der Waals surface area (Å²) >= 11 is 0. The van der Waals surface area contributed by atoms with Gasteiger partial charge in [-0.2, -0.15) is 0 Å². The molecule has 0 atom stereocenters. The van der Waals surface area contributed by atoms with Crippen LogP contribution >= 0.6 is 0 Å². The van der Waals surface area contributed by atoms with Gasteiger partial charge in [0.05, 0.1) is 0 Å². The van der Waals surface area contributed by atoms with E-state index in [2.05, 4.69) is 52.3 Å². The van der Waals surface area contributed by atoms with Gasteiger partial charge in [0, 0.05) is 6.42 Å². The molecule has 0 aliphatic heterocycles. The molecule has 0 aromatic heterocycles. The van der Waals surface area contributed by atoms with Gasteiger partial charge in [-0.1, -0.05) is 37.6 Å². The molecule has 0 nitrogen and oxygen atoms in total. The predicted octanol–water partition coefficient (Wildman–Crippen LogP) is 3.37. The molecule has 0 amide bonds. The summed E-state index contributed by atoms with van der Waals surface area (Å²) in [5, 5.41) is 0. The first-order valence-electron chi connectivity index (χ1n) is 3.81. The maximum Gasteiger partial charge on any atom is 0.00741 e. The molecule has 1 radical (unpaired) electrons. The highest BCUT2D eigenvalue weighted by molar-refractivity contribution is 5.18. The Kier molecular flexibility index (Phi) is 5.00. The first-order valence-corrected chi connectivity index (χ1v) is 3.81. The van der Waals surface area contributed by atoms with Crippen LogP contribution in [-0.2, 0) is 0 Å². The van der Waals surface area contributed by atoms with E-state index in [1.165, 1.54) is 5.57 Å². The summed E-state index contributed by atoms with van der Waals surface area (Å²) in [6.07, 6.45) is 8.53. The molecule has 0 bridgehead atoms. The van der Waals surface area contributed by atoms with Crippen LogP contribution in [0.4, 0.5) is 0 Å². The highest BCUT2D eigenvalue weighted by Crippen LogP contribution is 2.01. The molecular weight excluding hydrogens is 120 g/mol. The lowest BCUT2D eigenvalue weighted by Gasteiger charge is -1.94. The maximum absolute atomic E-state index is 2.19. The largest absolute Gasteiger partial charge is 0.0881 e. The fourth-order valence-corrected chi connectivity index (χ4v) is 0.526. The monoisotopic (exact) mass is 137 g/mol. The summed E-state index contributed by atoms with van der Waals surface area (Å²) in [6, 6.07) is 0. The number of hydrogen-bond donors (Lipinski definition) is 0. The minimum Gasteiger partial charge on any atom is -0.0881 e. The predicted molar refractivity (Wildman–Crippen MR) is 47.7 cm³/mol. The van der Waals surface area contributed by atoms with Crippen molar-refractivity contribution in [1.29, 1.82) is 0 Å². The summed E-state index contributed by atoms with van der Waals surface area (Å²) in [7, 11) is 0. The van der Waals surface area contributed by atoms with Crippen LogP contribution in [0.15, 0.2) is 23.8 Å². The molecule has 0 heterocycles. The van der Waals surface area contributed by atoms with Crippen LogP contribution < -0.4 is 0 Å². The summed E-state index contributed by atoms with van der Waals surface area (Å²) in [5.41, 5.74) is 1.32. The van der Waals surface area contributed by atoms with E-state index in [0.717, 1.165) is 0 Å². The lowest BCUT2D eigenvalue weighted by Crippen LogP contribution is -1.78. The molecule has 0 aromatic carbocycles. The van der Waals surface area contributed by atoms with Gasteiger partial charge >= 0.3 is 0 Å². The van der Waals surface area contributed by atoms with Gasteiger partial charge in [-0.3, -0.25) is 0 Å². The van der Waals surface area contributed by atoms with Crippen molar-refractivity contribution in [2.45, 2.75) is 27.7 Å². The lowest BCUT2D eigenvalue weighted by molar-refractivity contribution is 0.831. The molecule has 57 valence electrons. The molecular formula is C10H17. The van der Waals surface area contributed by atoms with Crippen molar-refractivity contribution >= 4 is 0 Å². The fraction of sp³-hybridized carbons (Fsp3) is 0.500. The molecule has 0 unspecified atom stereocenters. The van der Waals surface area contributed by atoms with Gasteiger partial charge in [0.2, 0.25) is 0 Å². The Hall–Kier alpha value is -0.520. The first-order chi connectivity index (χ1) is 4.66. The third kappa shape index (κ3) is 5.61. The number of hydrogen-bond acceptors (Lipinski definition) is 0. The smallest absolute Gasteiger partial charge is 0.00741 e. The zero-order valence-electron chi connectivity index (χ0n) is 7.39. The first kappa shape index (κ1) is 9.48. The van der Waals surface area contributed by atoms with E-state index >= 15 is 0 Å². The number of allylic oxidation sites excluding steroid dienone is 4. The minimum atomic E-state index is 0.654. The van der Waals surface area contributed by atoms with Crippen molar-refractivity contribution < 1.29 is 0 Å². The quantitative estimate of drug-likeness (QED) is 0.559. The Balaban J connectivity index is 3.54. The second-order valence-corrected chi connectivity index (χ2v) is 2.83. The highest BCUT2D eigenvalue weighted by atomic mass is 13.9. The van der Waals surface area contributed by atoms with Crippen molar-refractivity contribution in [3.05, 3.63) is 30.2 Å². The molecule has 0 aromatic rings. The molecule has 0 spiro atoms. The molecule has 0 saturated heterocycles. The van der Waals surface area contributed by atoms with E-state index in [1.807, 2.05) is 0 Å². The zero-order chi connectivity index (χ0) is 7.98. The molecule has 0 N–H and O–H groups in total. The summed E-state index contributed by atoms with van der Waals surface area (Å²) in [6.45, 7) is 8.50. The van der Waals surface area contributed by atoms with Crippen LogP contribution in [0.25, 0.3) is 0 Å². The Morgan fingerprint density at radius 2 is 1.90 bits per heavy atom. The third-order valence-electron chi connectivity index (χ3n) is 1.31. The minimum absolute atomic E-state index is 0.654. The van der Waals surface area contributed by atoms with Gasteiger partial charge in [0.25, 0.3) is 0 Å². The Labute approximate surface area is 64.6 Å². The normalized spacial score (nSPS) is 13.5. The zero-order valence-corrected chi connectivity index (χ0v) is 7.39. The van der Waals surface area contributed by atoms with Crippen LogP contribution in [0, 0.1) is 12.3 Å². The fourth-order valence-electron chi connectivity index (χ4n) is 0.526. The van der Waals surface area contributed by atoms with Crippen molar-refractivity contribution in [2.24, 2.45) is 5.92 Å². The second-order valence-electron chi connectivity index (χ2n) is 2.83. The van der Waals surface area contributed by atoms with E-state index in [4.69, 9.17) is 0 Å². The molecule has 0 heteroatoms. The van der Waals surface area contributed by atoms with Crippen molar-refractivity contribution in [3.63, 3.8) is 0 Å². The Morgan fingerprint density at radius 1 is 1.30 bits per heavy atom. The molecule has 0 saturated carbocycles. The summed E-state index contributed by atoms with van der Waals surface area (Å²) < 4.78 is 0. The van der Waals surface area contributed by atoms with Gasteiger partial charge in [0.15, 0.2) is 0 Å². The molecule has 10 heavy (non-hydrogen) atoms. The van der Waals surface area contributed by atoms with Crippen LogP contribution in [0.3, 0.4) is 0 Å². The standard InChI is InChI=1S/C10H17/c1-5-10(4)8-6-7-9(2)3/h5-9H,1-4H3. The van der Waals surface area contributed by atoms with E-state index in [-0.39, 0.29) is 0 Å². The van der Waals surface area contributed by atoms with Crippen molar-refractivity contribution in [1.82, 2.24) is 0 Å². The topological polar surface area (TPSA) is 0 Å². The van der Waals surface area contributed by atoms with Crippen molar-refractivity contribution in [3.8, 4) is 0 Å². The second kappa shape index (κ2) is 5.28. The van der Waals surface area contributed by atoms with Gasteiger partial charge < -0.3 is 0 Å². The van der Waals surface area contributed by atoms with E-state index < -0.39 is 0 Å². The van der Waals surface area contributed by atoms with E-state index in [0.29, 0.717) is 5.92 Å².